The molecule has 1 unspecified atom stereocenters. The van der Waals surface area contributed by atoms with E-state index in [9.17, 15) is 9.90 Å². The number of hydrogen-bond acceptors (Lipinski definition) is 6. The standard InChI is InChI=1S/C18H21N3O4/c22-15(12-6-8-24-9-7-12)18(23)21-10-14(11-21)17-19-16(20-25-17)13-4-2-1-3-5-13/h1-5,12,14-15,22H,6-11H2. The van der Waals surface area contributed by atoms with Gasteiger partial charge >= 0.3 is 0 Å². The lowest BCUT2D eigenvalue weighted by Gasteiger charge is -2.39. The first-order valence-corrected chi connectivity index (χ1v) is 8.66. The van der Waals surface area contributed by atoms with Crippen LogP contribution in [-0.4, -0.2) is 58.5 Å². The molecule has 3 heterocycles. The maximum atomic E-state index is 12.4. The Labute approximate surface area is 145 Å². The third kappa shape index (κ3) is 3.29. The van der Waals surface area contributed by atoms with E-state index in [0.717, 1.165) is 18.4 Å². The summed E-state index contributed by atoms with van der Waals surface area (Å²) in [5.41, 5.74) is 0.902. The largest absolute Gasteiger partial charge is 0.383 e. The molecule has 2 saturated heterocycles. The van der Waals surface area contributed by atoms with E-state index in [-0.39, 0.29) is 17.7 Å². The van der Waals surface area contributed by atoms with Gasteiger partial charge in [0.05, 0.1) is 5.92 Å². The van der Waals surface area contributed by atoms with Crippen molar-refractivity contribution >= 4 is 5.91 Å². The molecule has 0 spiro atoms. The van der Waals surface area contributed by atoms with E-state index < -0.39 is 6.10 Å². The molecule has 0 aliphatic carbocycles. The molecule has 7 heteroatoms. The first kappa shape index (κ1) is 16.2. The van der Waals surface area contributed by atoms with Crippen molar-refractivity contribution in [2.45, 2.75) is 24.9 Å². The lowest BCUT2D eigenvalue weighted by Crippen LogP contribution is -2.54. The number of rotatable bonds is 4. The molecule has 1 amide bonds. The van der Waals surface area contributed by atoms with E-state index in [4.69, 9.17) is 9.26 Å². The Morgan fingerprint density at radius 1 is 1.20 bits per heavy atom. The molecule has 7 nitrogen and oxygen atoms in total. The number of carbonyl (C=O) groups excluding carboxylic acids is 1. The summed E-state index contributed by atoms with van der Waals surface area (Å²) in [6.45, 7) is 2.24. The summed E-state index contributed by atoms with van der Waals surface area (Å²) in [7, 11) is 0. The van der Waals surface area contributed by atoms with E-state index in [2.05, 4.69) is 10.1 Å². The van der Waals surface area contributed by atoms with Gasteiger partial charge in [-0.25, -0.2) is 0 Å². The third-order valence-corrected chi connectivity index (χ3v) is 4.98. The fourth-order valence-corrected chi connectivity index (χ4v) is 3.34. The van der Waals surface area contributed by atoms with Gasteiger partial charge in [-0.3, -0.25) is 4.79 Å². The molecule has 132 valence electrons. The van der Waals surface area contributed by atoms with Crippen molar-refractivity contribution < 1.29 is 19.2 Å². The van der Waals surface area contributed by atoms with E-state index in [1.54, 1.807) is 4.90 Å². The lowest BCUT2D eigenvalue weighted by atomic mass is 9.91. The van der Waals surface area contributed by atoms with Crippen molar-refractivity contribution in [1.82, 2.24) is 15.0 Å². The first-order chi connectivity index (χ1) is 12.2. The van der Waals surface area contributed by atoms with E-state index in [1.807, 2.05) is 30.3 Å². The Morgan fingerprint density at radius 3 is 2.64 bits per heavy atom. The SMILES string of the molecule is O=C(C(O)C1CCOCC1)N1CC(c2nc(-c3ccccc3)no2)C1. The zero-order valence-corrected chi connectivity index (χ0v) is 13.9. The summed E-state index contributed by atoms with van der Waals surface area (Å²) in [6.07, 6.45) is 0.523. The van der Waals surface area contributed by atoms with Gasteiger partial charge in [0.25, 0.3) is 5.91 Å². The molecule has 2 aliphatic heterocycles. The molecule has 4 rings (SSSR count). The minimum absolute atomic E-state index is 0.00612. The summed E-state index contributed by atoms with van der Waals surface area (Å²) in [6, 6.07) is 9.63. The van der Waals surface area contributed by atoms with Crippen LogP contribution >= 0.6 is 0 Å². The van der Waals surface area contributed by atoms with Crippen LogP contribution in [0.15, 0.2) is 34.9 Å². The molecule has 25 heavy (non-hydrogen) atoms. The van der Waals surface area contributed by atoms with Gasteiger partial charge in [-0.2, -0.15) is 4.98 Å². The fourth-order valence-electron chi connectivity index (χ4n) is 3.34. The molecule has 2 aromatic rings. The van der Waals surface area contributed by atoms with Gasteiger partial charge in [-0.05, 0) is 18.8 Å². The average molecular weight is 343 g/mol. The zero-order chi connectivity index (χ0) is 17.2. The van der Waals surface area contributed by atoms with Crippen LogP contribution in [0.5, 0.6) is 0 Å². The smallest absolute Gasteiger partial charge is 0.251 e. The highest BCUT2D eigenvalue weighted by molar-refractivity contribution is 5.82. The second-order valence-electron chi connectivity index (χ2n) is 6.66. The fraction of sp³-hybridized carbons (Fsp3) is 0.500. The number of nitrogens with zero attached hydrogens (tertiary/aromatic N) is 3. The molecule has 1 aromatic carbocycles. The number of likely N-dealkylation sites (tertiary alicyclic amines) is 1. The molecule has 1 aromatic heterocycles. The first-order valence-electron chi connectivity index (χ1n) is 8.66. The second-order valence-corrected chi connectivity index (χ2v) is 6.66. The summed E-state index contributed by atoms with van der Waals surface area (Å²) in [5.74, 6) is 0.932. The number of aliphatic hydroxyl groups is 1. The number of ether oxygens (including phenoxy) is 1. The molecule has 0 radical (unpaired) electrons. The highest BCUT2D eigenvalue weighted by Gasteiger charge is 2.40. The number of amides is 1. The van der Waals surface area contributed by atoms with Crippen LogP contribution in [-0.2, 0) is 9.53 Å². The van der Waals surface area contributed by atoms with Gasteiger partial charge < -0.3 is 19.3 Å². The van der Waals surface area contributed by atoms with Crippen molar-refractivity contribution in [2.75, 3.05) is 26.3 Å². The summed E-state index contributed by atoms with van der Waals surface area (Å²) in [4.78, 5) is 18.5. The Bertz CT molecular complexity index is 721. The summed E-state index contributed by atoms with van der Waals surface area (Å²) in [5, 5.41) is 14.3. The molecule has 0 bridgehead atoms. The zero-order valence-electron chi connectivity index (χ0n) is 13.9. The van der Waals surface area contributed by atoms with E-state index >= 15 is 0 Å². The Morgan fingerprint density at radius 2 is 1.92 bits per heavy atom. The predicted octanol–water partition coefficient (Wildman–Crippen LogP) is 1.45. The van der Waals surface area contributed by atoms with Crippen molar-refractivity contribution in [2.24, 2.45) is 5.92 Å². The minimum atomic E-state index is -0.938. The van der Waals surface area contributed by atoms with Gasteiger partial charge in [0, 0.05) is 31.9 Å². The van der Waals surface area contributed by atoms with Crippen molar-refractivity contribution in [1.29, 1.82) is 0 Å². The monoisotopic (exact) mass is 343 g/mol. The molecule has 1 N–H and O–H groups in total. The molecule has 2 aliphatic rings. The highest BCUT2D eigenvalue weighted by Crippen LogP contribution is 2.29. The quantitative estimate of drug-likeness (QED) is 0.904. The molecular weight excluding hydrogens is 322 g/mol. The van der Waals surface area contributed by atoms with E-state index in [0.29, 0.717) is 38.0 Å². The number of carbonyl (C=O) groups is 1. The predicted molar refractivity (Wildman–Crippen MR) is 88.6 cm³/mol. The average Bonchev–Trinajstić information content (AvgIpc) is 3.11. The third-order valence-electron chi connectivity index (χ3n) is 4.98. The van der Waals surface area contributed by atoms with Gasteiger partial charge in [-0.15, -0.1) is 0 Å². The van der Waals surface area contributed by atoms with Crippen molar-refractivity contribution in [3.63, 3.8) is 0 Å². The van der Waals surface area contributed by atoms with Gasteiger partial charge in [-0.1, -0.05) is 35.5 Å². The van der Waals surface area contributed by atoms with Gasteiger partial charge in [0.2, 0.25) is 11.7 Å². The number of benzene rings is 1. The maximum Gasteiger partial charge on any atom is 0.251 e. The molecular formula is C18H21N3O4. The van der Waals surface area contributed by atoms with Crippen LogP contribution in [0.2, 0.25) is 0 Å². The van der Waals surface area contributed by atoms with Crippen LogP contribution in [0.25, 0.3) is 11.4 Å². The van der Waals surface area contributed by atoms with Crippen LogP contribution in [0.1, 0.15) is 24.7 Å². The molecule has 2 fully saturated rings. The lowest BCUT2D eigenvalue weighted by molar-refractivity contribution is -0.150. The Hall–Kier alpha value is -2.25. The van der Waals surface area contributed by atoms with Crippen molar-refractivity contribution in [3.8, 4) is 11.4 Å². The highest BCUT2D eigenvalue weighted by atomic mass is 16.5. The van der Waals surface area contributed by atoms with Crippen LogP contribution in [0.3, 0.4) is 0 Å². The topological polar surface area (TPSA) is 88.7 Å². The summed E-state index contributed by atoms with van der Waals surface area (Å²) < 4.78 is 10.6. The van der Waals surface area contributed by atoms with Crippen molar-refractivity contribution in [3.05, 3.63) is 36.2 Å². The maximum absolute atomic E-state index is 12.4. The number of aliphatic hydroxyl groups excluding tert-OH is 1. The van der Waals surface area contributed by atoms with Gasteiger partial charge in [0.1, 0.15) is 6.10 Å². The normalized spacial score (nSPS) is 20.3. The second kappa shape index (κ2) is 6.93. The van der Waals surface area contributed by atoms with E-state index in [1.165, 1.54) is 0 Å². The number of aromatic nitrogens is 2. The van der Waals surface area contributed by atoms with Crippen LogP contribution in [0.4, 0.5) is 0 Å². The van der Waals surface area contributed by atoms with Gasteiger partial charge in [0.15, 0.2) is 0 Å². The Balaban J connectivity index is 1.34. The molecule has 1 atom stereocenters. The van der Waals surface area contributed by atoms with Crippen LogP contribution in [0, 0.1) is 5.92 Å². The summed E-state index contributed by atoms with van der Waals surface area (Å²) >= 11 is 0. The molecule has 0 saturated carbocycles. The Kier molecular flexibility index (Phi) is 4.50. The number of hydrogen-bond donors (Lipinski definition) is 1. The van der Waals surface area contributed by atoms with Crippen LogP contribution < -0.4 is 0 Å². The minimum Gasteiger partial charge on any atom is -0.383 e.